The van der Waals surface area contributed by atoms with Gasteiger partial charge in [-0.05, 0) is 24.2 Å². The molecule has 2 nitrogen and oxygen atoms in total. The molecule has 0 aliphatic heterocycles. The van der Waals surface area contributed by atoms with Crippen LogP contribution in [0.1, 0.15) is 5.56 Å². The van der Waals surface area contributed by atoms with Gasteiger partial charge in [0.25, 0.3) is 5.91 Å². The largest absolute Gasteiger partial charge is 0.271 e. The molecule has 0 saturated carbocycles. The van der Waals surface area contributed by atoms with Gasteiger partial charge < -0.3 is 0 Å². The average molecular weight is 251 g/mol. The Bertz CT molecular complexity index is 393. The summed E-state index contributed by atoms with van der Waals surface area (Å²) in [7, 11) is 0. The number of hydrogen-bond acceptors (Lipinski definition) is 3. The van der Waals surface area contributed by atoms with Crippen LogP contribution in [0, 0.1) is 0 Å². The van der Waals surface area contributed by atoms with Crippen molar-refractivity contribution in [3.63, 3.8) is 0 Å². The maximum absolute atomic E-state index is 11.4. The van der Waals surface area contributed by atoms with Gasteiger partial charge in [-0.15, -0.1) is 23.5 Å². The number of rotatable bonds is 2. The molecule has 0 saturated heterocycles. The van der Waals surface area contributed by atoms with Crippen molar-refractivity contribution in [1.82, 2.24) is 0 Å². The molecular formula is C12H13NOS2. The molecule has 4 heteroatoms. The Labute approximate surface area is 104 Å². The molecule has 0 aliphatic rings. The summed E-state index contributed by atoms with van der Waals surface area (Å²) >= 11 is 2.96. The van der Waals surface area contributed by atoms with Crippen LogP contribution in [0.2, 0.25) is 0 Å². The van der Waals surface area contributed by atoms with E-state index < -0.39 is 0 Å². The normalized spacial score (nSPS) is 10.4. The molecule has 0 atom stereocenters. The molecule has 0 fully saturated rings. The number of benzene rings is 1. The second kappa shape index (κ2) is 7.30. The maximum Gasteiger partial charge on any atom is 0.271 e. The van der Waals surface area contributed by atoms with Gasteiger partial charge in [0.2, 0.25) is 0 Å². The zero-order valence-corrected chi connectivity index (χ0v) is 10.8. The maximum atomic E-state index is 11.4. The Morgan fingerprint density at radius 2 is 1.81 bits per heavy atom. The van der Waals surface area contributed by atoms with E-state index in [1.807, 2.05) is 42.8 Å². The Kier molecular flexibility index (Phi) is 5.96. The number of amides is 1. The highest BCUT2D eigenvalue weighted by Gasteiger charge is 1.97. The van der Waals surface area contributed by atoms with E-state index in [2.05, 4.69) is 4.99 Å². The molecule has 1 amide bonds. The van der Waals surface area contributed by atoms with Crippen LogP contribution in [-0.4, -0.2) is 22.8 Å². The van der Waals surface area contributed by atoms with Crippen molar-refractivity contribution in [1.29, 1.82) is 0 Å². The summed E-state index contributed by atoms with van der Waals surface area (Å²) in [6.45, 7) is 0. The summed E-state index contributed by atoms with van der Waals surface area (Å²) < 4.78 is 0.780. The Morgan fingerprint density at radius 1 is 1.19 bits per heavy atom. The average Bonchev–Trinajstić information content (AvgIpc) is 2.34. The molecule has 0 spiro atoms. The van der Waals surface area contributed by atoms with E-state index in [4.69, 9.17) is 0 Å². The van der Waals surface area contributed by atoms with Gasteiger partial charge in [-0.2, -0.15) is 4.99 Å². The fourth-order valence-corrected chi connectivity index (χ4v) is 2.06. The van der Waals surface area contributed by atoms with Crippen molar-refractivity contribution in [2.45, 2.75) is 0 Å². The molecule has 0 N–H and O–H groups in total. The molecule has 16 heavy (non-hydrogen) atoms. The van der Waals surface area contributed by atoms with E-state index in [0.29, 0.717) is 0 Å². The molecule has 0 bridgehead atoms. The van der Waals surface area contributed by atoms with Crippen molar-refractivity contribution in [2.24, 2.45) is 4.99 Å². The van der Waals surface area contributed by atoms with E-state index in [1.165, 1.54) is 29.6 Å². The van der Waals surface area contributed by atoms with Crippen molar-refractivity contribution in [2.75, 3.05) is 12.5 Å². The van der Waals surface area contributed by atoms with Crippen LogP contribution in [0.3, 0.4) is 0 Å². The number of nitrogens with zero attached hydrogens (tertiary/aromatic N) is 1. The van der Waals surface area contributed by atoms with E-state index >= 15 is 0 Å². The number of thioether (sulfide) groups is 2. The van der Waals surface area contributed by atoms with Crippen LogP contribution in [0.15, 0.2) is 41.4 Å². The third-order valence-corrected chi connectivity index (χ3v) is 3.65. The molecule has 0 aromatic heterocycles. The lowest BCUT2D eigenvalue weighted by atomic mass is 10.2. The van der Waals surface area contributed by atoms with Gasteiger partial charge in [0.05, 0.1) is 0 Å². The molecule has 0 heterocycles. The van der Waals surface area contributed by atoms with Crippen molar-refractivity contribution in [3.05, 3.63) is 42.0 Å². The summed E-state index contributed by atoms with van der Waals surface area (Å²) in [6, 6.07) is 9.69. The SMILES string of the molecule is CSC(=NC(=O)C=Cc1ccccc1)SC. The highest BCUT2D eigenvalue weighted by atomic mass is 32.2. The molecule has 0 unspecified atom stereocenters. The van der Waals surface area contributed by atoms with Gasteiger partial charge in [-0.1, -0.05) is 30.3 Å². The van der Waals surface area contributed by atoms with Gasteiger partial charge in [-0.3, -0.25) is 4.79 Å². The summed E-state index contributed by atoms with van der Waals surface area (Å²) in [5.74, 6) is -0.220. The smallest absolute Gasteiger partial charge is 0.267 e. The number of carbonyl (C=O) groups is 1. The van der Waals surface area contributed by atoms with Crippen LogP contribution in [0.5, 0.6) is 0 Å². The first-order valence-corrected chi connectivity index (χ1v) is 7.15. The van der Waals surface area contributed by atoms with Crippen molar-refractivity contribution >= 4 is 39.9 Å². The van der Waals surface area contributed by atoms with E-state index in [0.717, 1.165) is 9.94 Å². The zero-order valence-electron chi connectivity index (χ0n) is 9.21. The van der Waals surface area contributed by atoms with E-state index in [1.54, 1.807) is 6.08 Å². The third kappa shape index (κ3) is 4.68. The van der Waals surface area contributed by atoms with E-state index in [9.17, 15) is 4.79 Å². The molecule has 1 rings (SSSR count). The summed E-state index contributed by atoms with van der Waals surface area (Å²) in [5, 5.41) is 0. The number of aliphatic imine (C=N–C) groups is 1. The first-order chi connectivity index (χ1) is 7.76. The minimum Gasteiger partial charge on any atom is -0.267 e. The Morgan fingerprint density at radius 3 is 2.38 bits per heavy atom. The molecular weight excluding hydrogens is 238 g/mol. The summed E-state index contributed by atoms with van der Waals surface area (Å²) in [5.41, 5.74) is 1.00. The second-order valence-corrected chi connectivity index (χ2v) is 4.72. The molecule has 1 aromatic carbocycles. The number of hydrogen-bond donors (Lipinski definition) is 0. The first-order valence-electron chi connectivity index (χ1n) is 4.70. The van der Waals surface area contributed by atoms with Gasteiger partial charge in [0.15, 0.2) is 0 Å². The minimum atomic E-state index is -0.220. The molecule has 1 aromatic rings. The minimum absolute atomic E-state index is 0.220. The molecule has 84 valence electrons. The Hall–Kier alpha value is -1.00. The second-order valence-electron chi connectivity index (χ2n) is 2.87. The zero-order chi connectivity index (χ0) is 11.8. The fraction of sp³-hybridized carbons (Fsp3) is 0.167. The highest BCUT2D eigenvalue weighted by Crippen LogP contribution is 2.11. The lowest BCUT2D eigenvalue weighted by Gasteiger charge is -1.94. The predicted molar refractivity (Wildman–Crippen MR) is 74.9 cm³/mol. The van der Waals surface area contributed by atoms with Gasteiger partial charge in [0, 0.05) is 6.08 Å². The van der Waals surface area contributed by atoms with Gasteiger partial charge >= 0.3 is 0 Å². The van der Waals surface area contributed by atoms with Crippen molar-refractivity contribution in [3.8, 4) is 0 Å². The monoisotopic (exact) mass is 251 g/mol. The van der Waals surface area contributed by atoms with Crippen molar-refractivity contribution < 1.29 is 4.79 Å². The molecule has 0 radical (unpaired) electrons. The van der Waals surface area contributed by atoms with Gasteiger partial charge in [-0.25, -0.2) is 0 Å². The van der Waals surface area contributed by atoms with Crippen LogP contribution in [-0.2, 0) is 4.79 Å². The summed E-state index contributed by atoms with van der Waals surface area (Å²) in [6.07, 6.45) is 7.07. The predicted octanol–water partition coefficient (Wildman–Crippen LogP) is 3.31. The van der Waals surface area contributed by atoms with Crippen LogP contribution >= 0.6 is 23.5 Å². The van der Waals surface area contributed by atoms with E-state index in [-0.39, 0.29) is 5.91 Å². The van der Waals surface area contributed by atoms with Crippen LogP contribution in [0.25, 0.3) is 6.08 Å². The standard InChI is InChI=1S/C12H13NOS2/c1-15-12(16-2)13-11(14)9-8-10-6-4-3-5-7-10/h3-9H,1-2H3. The lowest BCUT2D eigenvalue weighted by Crippen LogP contribution is -1.91. The quantitative estimate of drug-likeness (QED) is 0.459. The lowest BCUT2D eigenvalue weighted by molar-refractivity contribution is -0.113. The summed E-state index contributed by atoms with van der Waals surface area (Å²) in [4.78, 5) is 15.4. The molecule has 0 aliphatic carbocycles. The van der Waals surface area contributed by atoms with Crippen LogP contribution < -0.4 is 0 Å². The van der Waals surface area contributed by atoms with Crippen LogP contribution in [0.4, 0.5) is 0 Å². The topological polar surface area (TPSA) is 29.4 Å². The Balaban J connectivity index is 2.65. The fourth-order valence-electron chi connectivity index (χ4n) is 1.03. The third-order valence-electron chi connectivity index (χ3n) is 1.77. The number of carbonyl (C=O) groups excluding carboxylic acids is 1. The highest BCUT2D eigenvalue weighted by molar-refractivity contribution is 8.38. The van der Waals surface area contributed by atoms with Gasteiger partial charge in [0.1, 0.15) is 4.38 Å². The first kappa shape index (κ1) is 13.1.